The molecule has 0 saturated heterocycles. The van der Waals surface area contributed by atoms with Gasteiger partial charge in [0.2, 0.25) is 0 Å². The summed E-state index contributed by atoms with van der Waals surface area (Å²) >= 11 is 0. The monoisotopic (exact) mass is 351 g/mol. The molecule has 1 nitrogen and oxygen atoms in total. The van der Waals surface area contributed by atoms with Gasteiger partial charge in [0.05, 0.1) is 5.69 Å². The van der Waals surface area contributed by atoms with Gasteiger partial charge in [0, 0.05) is 11.3 Å². The molecular weight excluding hydrogens is 314 g/mol. The molecule has 1 heterocycles. The molecule has 1 aromatic heterocycles. The number of rotatable bonds is 14. The first-order valence-electron chi connectivity index (χ1n) is 10.9. The first kappa shape index (κ1) is 20.7. The molecule has 0 saturated carbocycles. The highest BCUT2D eigenvalue weighted by atomic mass is 14.7. The first-order chi connectivity index (χ1) is 12.9. The number of pyridine rings is 1. The predicted octanol–water partition coefficient (Wildman–Crippen LogP) is 7.99. The van der Waals surface area contributed by atoms with Crippen LogP contribution >= 0.6 is 0 Å². The highest BCUT2D eigenvalue weighted by molar-refractivity contribution is 5.58. The zero-order chi connectivity index (χ0) is 18.3. The minimum Gasteiger partial charge on any atom is -0.253 e. The number of aryl methyl sites for hydroxylation is 1. The summed E-state index contributed by atoms with van der Waals surface area (Å²) < 4.78 is 0. The van der Waals surface area contributed by atoms with Crippen molar-refractivity contribution < 1.29 is 0 Å². The van der Waals surface area contributed by atoms with Gasteiger partial charge in [0.25, 0.3) is 0 Å². The fourth-order valence-electron chi connectivity index (χ4n) is 3.54. The van der Waals surface area contributed by atoms with E-state index in [0.29, 0.717) is 0 Å². The third-order valence-corrected chi connectivity index (χ3v) is 5.16. The van der Waals surface area contributed by atoms with E-state index < -0.39 is 0 Å². The summed E-state index contributed by atoms with van der Waals surface area (Å²) in [4.78, 5) is 4.83. The lowest BCUT2D eigenvalue weighted by atomic mass is 10.0. The van der Waals surface area contributed by atoms with Gasteiger partial charge < -0.3 is 0 Å². The highest BCUT2D eigenvalue weighted by Gasteiger charge is 2.01. The number of aromatic nitrogens is 1. The molecule has 0 amide bonds. The first-order valence-corrected chi connectivity index (χ1v) is 10.9. The maximum Gasteiger partial charge on any atom is 0.0705 e. The van der Waals surface area contributed by atoms with Crippen LogP contribution in [0.4, 0.5) is 0 Å². The van der Waals surface area contributed by atoms with Crippen LogP contribution in [0.25, 0.3) is 11.3 Å². The number of unbranched alkanes of at least 4 members (excludes halogenated alkanes) is 11. The summed E-state index contributed by atoms with van der Waals surface area (Å²) in [5, 5.41) is 0. The molecule has 0 aliphatic heterocycles. The minimum atomic E-state index is 1.10. The molecular formula is C25H37N. The van der Waals surface area contributed by atoms with Crippen LogP contribution in [0, 0.1) is 0 Å². The molecule has 0 atom stereocenters. The molecule has 1 aromatic carbocycles. The van der Waals surface area contributed by atoms with E-state index in [2.05, 4.69) is 55.5 Å². The van der Waals surface area contributed by atoms with Crippen molar-refractivity contribution in [2.24, 2.45) is 0 Å². The van der Waals surface area contributed by atoms with E-state index in [9.17, 15) is 0 Å². The Morgan fingerprint density at radius 1 is 0.577 bits per heavy atom. The normalized spacial score (nSPS) is 11.0. The average Bonchev–Trinajstić information content (AvgIpc) is 2.70. The van der Waals surface area contributed by atoms with Crippen molar-refractivity contribution in [2.75, 3.05) is 0 Å². The zero-order valence-electron chi connectivity index (χ0n) is 16.8. The van der Waals surface area contributed by atoms with E-state index >= 15 is 0 Å². The summed E-state index contributed by atoms with van der Waals surface area (Å²) in [6, 6.07) is 16.9. The lowest BCUT2D eigenvalue weighted by Gasteiger charge is -2.05. The van der Waals surface area contributed by atoms with Crippen molar-refractivity contribution in [1.82, 2.24) is 4.98 Å². The third-order valence-electron chi connectivity index (χ3n) is 5.16. The fraction of sp³-hybridized carbons (Fsp3) is 0.560. The summed E-state index contributed by atoms with van der Waals surface area (Å²) in [5.41, 5.74) is 3.55. The molecule has 0 radical (unpaired) electrons. The van der Waals surface area contributed by atoms with E-state index in [0.717, 1.165) is 12.1 Å². The van der Waals surface area contributed by atoms with Crippen molar-refractivity contribution in [3.05, 3.63) is 54.2 Å². The minimum absolute atomic E-state index is 1.10. The second kappa shape index (κ2) is 13.6. The van der Waals surface area contributed by atoms with Crippen LogP contribution in [0.1, 0.15) is 89.7 Å². The molecule has 26 heavy (non-hydrogen) atoms. The van der Waals surface area contributed by atoms with Crippen molar-refractivity contribution in [1.29, 1.82) is 0 Å². The number of nitrogens with zero attached hydrogens (tertiary/aromatic N) is 1. The number of benzene rings is 1. The topological polar surface area (TPSA) is 12.9 Å². The molecule has 0 unspecified atom stereocenters. The molecule has 0 bridgehead atoms. The summed E-state index contributed by atoms with van der Waals surface area (Å²) in [5.74, 6) is 0. The maximum absolute atomic E-state index is 4.83. The molecule has 0 aliphatic rings. The lowest BCUT2D eigenvalue weighted by molar-refractivity contribution is 0.543. The largest absolute Gasteiger partial charge is 0.253 e. The zero-order valence-corrected chi connectivity index (χ0v) is 16.8. The van der Waals surface area contributed by atoms with Crippen molar-refractivity contribution >= 4 is 0 Å². The van der Waals surface area contributed by atoms with Crippen LogP contribution in [0.5, 0.6) is 0 Å². The third kappa shape index (κ3) is 8.65. The highest BCUT2D eigenvalue weighted by Crippen LogP contribution is 2.18. The smallest absolute Gasteiger partial charge is 0.0705 e. The summed E-state index contributed by atoms with van der Waals surface area (Å²) in [6.45, 7) is 2.29. The fourth-order valence-corrected chi connectivity index (χ4v) is 3.54. The van der Waals surface area contributed by atoms with Crippen molar-refractivity contribution in [3.8, 4) is 11.3 Å². The molecule has 0 fully saturated rings. The van der Waals surface area contributed by atoms with E-state index in [1.165, 1.54) is 88.3 Å². The predicted molar refractivity (Wildman–Crippen MR) is 114 cm³/mol. The number of hydrogen-bond donors (Lipinski definition) is 0. The average molecular weight is 352 g/mol. The van der Waals surface area contributed by atoms with Gasteiger partial charge in [-0.25, -0.2) is 0 Å². The van der Waals surface area contributed by atoms with E-state index in [1.807, 2.05) is 0 Å². The molecule has 0 N–H and O–H groups in total. The Bertz CT molecular complexity index is 576. The second-order valence-corrected chi connectivity index (χ2v) is 7.52. The van der Waals surface area contributed by atoms with Crippen LogP contribution in [0.15, 0.2) is 48.5 Å². The van der Waals surface area contributed by atoms with Gasteiger partial charge in [0.15, 0.2) is 0 Å². The van der Waals surface area contributed by atoms with E-state index in [1.54, 1.807) is 0 Å². The van der Waals surface area contributed by atoms with Crippen LogP contribution in [0.2, 0.25) is 0 Å². The standard InChI is InChI=1S/C25H37N/c1-2-3-4-5-6-7-8-9-10-11-12-16-20-24-21-17-22-25(26-24)23-18-14-13-15-19-23/h13-15,17-19,21-22H,2-12,16,20H2,1H3. The van der Waals surface area contributed by atoms with Crippen molar-refractivity contribution in [3.63, 3.8) is 0 Å². The van der Waals surface area contributed by atoms with Gasteiger partial charge >= 0.3 is 0 Å². The van der Waals surface area contributed by atoms with Gasteiger partial charge in [-0.05, 0) is 25.0 Å². The molecule has 2 aromatic rings. The van der Waals surface area contributed by atoms with Gasteiger partial charge in [-0.1, -0.05) is 114 Å². The van der Waals surface area contributed by atoms with Gasteiger partial charge in [-0.2, -0.15) is 0 Å². The maximum atomic E-state index is 4.83. The van der Waals surface area contributed by atoms with Crippen LogP contribution < -0.4 is 0 Å². The Balaban J connectivity index is 1.51. The Morgan fingerprint density at radius 2 is 1.15 bits per heavy atom. The molecule has 0 spiro atoms. The summed E-state index contributed by atoms with van der Waals surface area (Å²) in [7, 11) is 0. The van der Waals surface area contributed by atoms with Crippen LogP contribution in [-0.2, 0) is 6.42 Å². The Labute approximate surface area is 161 Å². The SMILES string of the molecule is CCCCCCCCCCCCCCc1cccc(-c2ccccc2)n1. The lowest BCUT2D eigenvalue weighted by Crippen LogP contribution is -1.93. The van der Waals surface area contributed by atoms with E-state index in [4.69, 9.17) is 4.98 Å². The Kier molecular flexibility index (Phi) is 10.8. The second-order valence-electron chi connectivity index (χ2n) is 7.52. The molecule has 142 valence electrons. The Morgan fingerprint density at radius 3 is 1.77 bits per heavy atom. The quantitative estimate of drug-likeness (QED) is 0.314. The molecule has 2 rings (SSSR count). The van der Waals surface area contributed by atoms with Crippen molar-refractivity contribution in [2.45, 2.75) is 90.4 Å². The Hall–Kier alpha value is -1.63. The van der Waals surface area contributed by atoms with Crippen LogP contribution in [0.3, 0.4) is 0 Å². The van der Waals surface area contributed by atoms with Gasteiger partial charge in [-0.3, -0.25) is 4.98 Å². The van der Waals surface area contributed by atoms with Gasteiger partial charge in [-0.15, -0.1) is 0 Å². The molecule has 0 aliphatic carbocycles. The number of hydrogen-bond acceptors (Lipinski definition) is 1. The summed E-state index contributed by atoms with van der Waals surface area (Å²) in [6.07, 6.45) is 17.9. The molecule has 1 heteroatoms. The van der Waals surface area contributed by atoms with Gasteiger partial charge in [0.1, 0.15) is 0 Å². The van der Waals surface area contributed by atoms with Crippen LogP contribution in [-0.4, -0.2) is 4.98 Å². The van der Waals surface area contributed by atoms with E-state index in [-0.39, 0.29) is 0 Å².